The van der Waals surface area contributed by atoms with Crippen LogP contribution in [0, 0.1) is 0 Å². The molecule has 1 aromatic rings. The second-order valence-corrected chi connectivity index (χ2v) is 3.55. The van der Waals surface area contributed by atoms with Crippen molar-refractivity contribution in [3.8, 4) is 0 Å². The summed E-state index contributed by atoms with van der Waals surface area (Å²) in [5.41, 5.74) is 2.06. The molecule has 0 saturated carbocycles. The van der Waals surface area contributed by atoms with Crippen molar-refractivity contribution in [1.29, 1.82) is 0 Å². The van der Waals surface area contributed by atoms with Gasteiger partial charge in [0.15, 0.2) is 5.78 Å². The van der Waals surface area contributed by atoms with Crippen LogP contribution in [0.2, 0.25) is 0 Å². The maximum absolute atomic E-state index is 11.2. The van der Waals surface area contributed by atoms with Gasteiger partial charge in [-0.1, -0.05) is 11.6 Å². The molecule has 0 aromatic carbocycles. The quantitative estimate of drug-likeness (QED) is 0.490. The van der Waals surface area contributed by atoms with Gasteiger partial charge in [-0.2, -0.15) is 0 Å². The Bertz CT molecular complexity index is 328. The summed E-state index contributed by atoms with van der Waals surface area (Å²) in [7, 11) is 0. The van der Waals surface area contributed by atoms with Gasteiger partial charge in [-0.15, -0.1) is 0 Å². The summed E-state index contributed by atoms with van der Waals surface area (Å²) >= 11 is 0. The minimum Gasteiger partial charge on any atom is -0.353 e. The number of fused-ring (bicyclic) bond motifs is 1. The molecular formula is C10H13NO2. The largest absolute Gasteiger partial charge is 0.353 e. The summed E-state index contributed by atoms with van der Waals surface area (Å²) < 4.78 is 5.04. The Morgan fingerprint density at radius 2 is 2.08 bits per heavy atom. The van der Waals surface area contributed by atoms with Crippen LogP contribution in [0.15, 0.2) is 4.52 Å². The number of rotatable bonds is 1. The van der Waals surface area contributed by atoms with E-state index in [1.165, 1.54) is 13.3 Å². The Morgan fingerprint density at radius 3 is 2.85 bits per heavy atom. The number of carbonyl (C=O) groups is 1. The third kappa shape index (κ3) is 1.50. The van der Waals surface area contributed by atoms with Crippen LogP contribution in [0.3, 0.4) is 0 Å². The molecule has 0 saturated heterocycles. The molecule has 1 aliphatic rings. The van der Waals surface area contributed by atoms with Crippen LogP contribution in [0.5, 0.6) is 0 Å². The Morgan fingerprint density at radius 1 is 1.31 bits per heavy atom. The first kappa shape index (κ1) is 8.48. The first-order valence-corrected chi connectivity index (χ1v) is 4.77. The van der Waals surface area contributed by atoms with E-state index in [1.807, 2.05) is 0 Å². The molecule has 1 heterocycles. The molecule has 0 fully saturated rings. The standard InChI is InChI=1S/C10H13NO2/c1-7(12)10-8-5-3-2-4-6-9(8)11-13-10/h2-6H2,1H3. The average Bonchev–Trinajstić information content (AvgIpc) is 2.36. The van der Waals surface area contributed by atoms with E-state index in [0.29, 0.717) is 5.76 Å². The average molecular weight is 179 g/mol. The SMILES string of the molecule is CC(=O)c1onc2c1CCCCC2. The second kappa shape index (κ2) is 3.32. The Hall–Kier alpha value is -1.12. The maximum Gasteiger partial charge on any atom is 0.205 e. The molecule has 0 bridgehead atoms. The normalized spacial score (nSPS) is 16.4. The van der Waals surface area contributed by atoms with E-state index in [2.05, 4.69) is 5.16 Å². The summed E-state index contributed by atoms with van der Waals surface area (Å²) in [6.07, 6.45) is 5.46. The number of hydrogen-bond donors (Lipinski definition) is 0. The highest BCUT2D eigenvalue weighted by Crippen LogP contribution is 2.23. The van der Waals surface area contributed by atoms with Crippen LogP contribution >= 0.6 is 0 Å². The van der Waals surface area contributed by atoms with E-state index >= 15 is 0 Å². The van der Waals surface area contributed by atoms with Crippen molar-refractivity contribution in [2.75, 3.05) is 0 Å². The molecule has 70 valence electrons. The third-order valence-electron chi connectivity index (χ3n) is 2.53. The second-order valence-electron chi connectivity index (χ2n) is 3.55. The van der Waals surface area contributed by atoms with Gasteiger partial charge in [0.25, 0.3) is 0 Å². The molecule has 0 spiro atoms. The molecule has 0 atom stereocenters. The van der Waals surface area contributed by atoms with E-state index in [-0.39, 0.29) is 5.78 Å². The van der Waals surface area contributed by atoms with Crippen LogP contribution in [0.25, 0.3) is 0 Å². The summed E-state index contributed by atoms with van der Waals surface area (Å²) in [4.78, 5) is 11.2. The van der Waals surface area contributed by atoms with Crippen molar-refractivity contribution in [1.82, 2.24) is 5.16 Å². The smallest absolute Gasteiger partial charge is 0.205 e. The van der Waals surface area contributed by atoms with Gasteiger partial charge in [0.2, 0.25) is 5.76 Å². The minimum absolute atomic E-state index is 0.00403. The van der Waals surface area contributed by atoms with Gasteiger partial charge in [0.1, 0.15) is 0 Å². The molecule has 0 radical (unpaired) electrons. The highest BCUT2D eigenvalue weighted by atomic mass is 16.5. The molecule has 3 nitrogen and oxygen atoms in total. The molecule has 0 unspecified atom stereocenters. The Balaban J connectivity index is 2.39. The highest BCUT2D eigenvalue weighted by Gasteiger charge is 2.20. The summed E-state index contributed by atoms with van der Waals surface area (Å²) in [5.74, 6) is 0.479. The molecular weight excluding hydrogens is 166 g/mol. The number of aryl methyl sites for hydroxylation is 1. The minimum atomic E-state index is -0.00403. The number of aromatic nitrogens is 1. The van der Waals surface area contributed by atoms with Crippen LogP contribution in [0.1, 0.15) is 48.0 Å². The van der Waals surface area contributed by atoms with E-state index in [1.54, 1.807) is 0 Å². The first-order valence-electron chi connectivity index (χ1n) is 4.77. The van der Waals surface area contributed by atoms with Gasteiger partial charge < -0.3 is 4.52 Å². The lowest BCUT2D eigenvalue weighted by molar-refractivity contribution is 0.0977. The lowest BCUT2D eigenvalue weighted by Crippen LogP contribution is -1.96. The molecule has 3 heteroatoms. The van der Waals surface area contributed by atoms with Gasteiger partial charge in [0, 0.05) is 12.5 Å². The Labute approximate surface area is 77.1 Å². The predicted molar refractivity (Wildman–Crippen MR) is 47.8 cm³/mol. The maximum atomic E-state index is 11.2. The van der Waals surface area contributed by atoms with E-state index in [0.717, 1.165) is 36.9 Å². The third-order valence-corrected chi connectivity index (χ3v) is 2.53. The van der Waals surface area contributed by atoms with Crippen molar-refractivity contribution in [2.24, 2.45) is 0 Å². The molecule has 1 aromatic heterocycles. The summed E-state index contributed by atoms with van der Waals surface area (Å²) in [6.45, 7) is 1.53. The zero-order valence-corrected chi connectivity index (χ0v) is 7.80. The van der Waals surface area contributed by atoms with Gasteiger partial charge >= 0.3 is 0 Å². The molecule has 0 amide bonds. The number of ketones is 1. The van der Waals surface area contributed by atoms with Crippen molar-refractivity contribution in [3.63, 3.8) is 0 Å². The lowest BCUT2D eigenvalue weighted by atomic mass is 10.1. The van der Waals surface area contributed by atoms with E-state index in [4.69, 9.17) is 4.52 Å². The van der Waals surface area contributed by atoms with Crippen LogP contribution in [0.4, 0.5) is 0 Å². The van der Waals surface area contributed by atoms with Crippen molar-refractivity contribution in [2.45, 2.75) is 39.0 Å². The number of nitrogens with zero attached hydrogens (tertiary/aromatic N) is 1. The monoisotopic (exact) mass is 179 g/mol. The molecule has 2 rings (SSSR count). The Kier molecular flexibility index (Phi) is 2.17. The highest BCUT2D eigenvalue weighted by molar-refractivity contribution is 5.92. The number of carbonyl (C=O) groups excluding carboxylic acids is 1. The van der Waals surface area contributed by atoms with Crippen molar-refractivity contribution < 1.29 is 9.32 Å². The molecule has 0 aliphatic heterocycles. The van der Waals surface area contributed by atoms with Crippen molar-refractivity contribution in [3.05, 3.63) is 17.0 Å². The molecule has 0 N–H and O–H groups in total. The van der Waals surface area contributed by atoms with E-state index < -0.39 is 0 Å². The fourth-order valence-electron chi connectivity index (χ4n) is 1.84. The lowest BCUT2D eigenvalue weighted by Gasteiger charge is -1.94. The molecule has 13 heavy (non-hydrogen) atoms. The predicted octanol–water partition coefficient (Wildman–Crippen LogP) is 2.15. The molecule has 1 aliphatic carbocycles. The van der Waals surface area contributed by atoms with Crippen molar-refractivity contribution >= 4 is 5.78 Å². The van der Waals surface area contributed by atoms with Gasteiger partial charge in [-0.25, -0.2) is 0 Å². The fourth-order valence-corrected chi connectivity index (χ4v) is 1.84. The summed E-state index contributed by atoms with van der Waals surface area (Å²) in [5, 5.41) is 3.94. The summed E-state index contributed by atoms with van der Waals surface area (Å²) in [6, 6.07) is 0. The zero-order valence-electron chi connectivity index (χ0n) is 7.80. The number of Topliss-reactive ketones (excluding diaryl/α,β-unsaturated/α-hetero) is 1. The van der Waals surface area contributed by atoms with Crippen LogP contribution < -0.4 is 0 Å². The number of hydrogen-bond acceptors (Lipinski definition) is 3. The van der Waals surface area contributed by atoms with Crippen LogP contribution in [-0.4, -0.2) is 10.9 Å². The van der Waals surface area contributed by atoms with Gasteiger partial charge in [0.05, 0.1) is 5.69 Å². The fraction of sp³-hybridized carbons (Fsp3) is 0.600. The van der Waals surface area contributed by atoms with Gasteiger partial charge in [-0.3, -0.25) is 4.79 Å². The topological polar surface area (TPSA) is 43.1 Å². The van der Waals surface area contributed by atoms with Crippen LogP contribution in [-0.2, 0) is 12.8 Å². The first-order chi connectivity index (χ1) is 6.29. The van der Waals surface area contributed by atoms with E-state index in [9.17, 15) is 4.79 Å². The van der Waals surface area contributed by atoms with Gasteiger partial charge in [-0.05, 0) is 25.7 Å². The zero-order chi connectivity index (χ0) is 9.26.